The van der Waals surface area contributed by atoms with E-state index in [-0.39, 0.29) is 13.0 Å². The fourth-order valence-electron chi connectivity index (χ4n) is 2.63. The van der Waals surface area contributed by atoms with E-state index in [2.05, 4.69) is 15.8 Å². The Balaban J connectivity index is 1.58. The van der Waals surface area contributed by atoms with Gasteiger partial charge in [0.05, 0.1) is 6.21 Å². The van der Waals surface area contributed by atoms with Gasteiger partial charge < -0.3 is 10.1 Å². The number of ether oxygens (including phenoxy) is 1. The van der Waals surface area contributed by atoms with Gasteiger partial charge in [-0.15, -0.1) is 0 Å². The predicted molar refractivity (Wildman–Crippen MR) is 128 cm³/mol. The van der Waals surface area contributed by atoms with Gasteiger partial charge in [0.25, 0.3) is 0 Å². The summed E-state index contributed by atoms with van der Waals surface area (Å²) in [6.07, 6.45) is 1.01. The minimum Gasteiger partial charge on any atom is -0.488 e. The van der Waals surface area contributed by atoms with Gasteiger partial charge >= 0.3 is 0 Å². The number of para-hydroxylation sites is 1. The van der Waals surface area contributed by atoms with Gasteiger partial charge in [0.2, 0.25) is 11.8 Å². The van der Waals surface area contributed by atoms with Gasteiger partial charge in [0, 0.05) is 31.9 Å². The second kappa shape index (κ2) is 11.5. The van der Waals surface area contributed by atoms with Crippen molar-refractivity contribution >= 4 is 58.5 Å². The number of benzene rings is 3. The molecule has 2 N–H and O–H groups in total. The van der Waals surface area contributed by atoms with Gasteiger partial charge in [-0.3, -0.25) is 9.59 Å². The van der Waals surface area contributed by atoms with E-state index in [0.717, 1.165) is 5.56 Å². The minimum absolute atomic E-state index is 0.199. The topological polar surface area (TPSA) is 79.8 Å². The Morgan fingerprint density at radius 1 is 0.906 bits per heavy atom. The van der Waals surface area contributed by atoms with Crippen LogP contribution in [0.4, 0.5) is 5.69 Å². The number of anilines is 1. The van der Waals surface area contributed by atoms with Crippen LogP contribution in [0.2, 0.25) is 15.1 Å². The Kier molecular flexibility index (Phi) is 8.50. The Bertz CT molecular complexity index is 1140. The third kappa shape index (κ3) is 7.27. The first kappa shape index (κ1) is 23.6. The Morgan fingerprint density at radius 2 is 1.62 bits per heavy atom. The number of carbonyl (C=O) groups excluding carboxylic acids is 2. The highest BCUT2D eigenvalue weighted by atomic mass is 35.5. The number of nitrogens with zero attached hydrogens (tertiary/aromatic N) is 1. The molecule has 0 unspecified atom stereocenters. The van der Waals surface area contributed by atoms with Crippen molar-refractivity contribution in [2.75, 3.05) is 5.32 Å². The van der Waals surface area contributed by atoms with Crippen molar-refractivity contribution in [1.82, 2.24) is 5.43 Å². The van der Waals surface area contributed by atoms with Crippen LogP contribution in [0, 0.1) is 0 Å². The van der Waals surface area contributed by atoms with Crippen LogP contribution in [-0.2, 0) is 16.2 Å². The first-order valence-electron chi connectivity index (χ1n) is 9.44. The summed E-state index contributed by atoms with van der Waals surface area (Å²) in [6, 6.07) is 19.0. The molecule has 0 bridgehead atoms. The van der Waals surface area contributed by atoms with Crippen LogP contribution in [-0.4, -0.2) is 18.0 Å². The van der Waals surface area contributed by atoms with Crippen molar-refractivity contribution in [3.63, 3.8) is 0 Å². The standard InChI is InChI=1S/C23H18Cl3N3O3/c24-17-8-9-21(32-14-15-6-7-18(25)11-20(15)26)16(10-17)13-27-29-23(31)12-22(30)28-19-4-2-1-3-5-19/h1-11,13H,12,14H2,(H,28,30)(H,29,31). The zero-order chi connectivity index (χ0) is 22.9. The maximum atomic E-state index is 12.0. The summed E-state index contributed by atoms with van der Waals surface area (Å²) in [4.78, 5) is 23.9. The molecular formula is C23H18Cl3N3O3. The molecule has 0 heterocycles. The molecule has 0 aliphatic carbocycles. The molecule has 164 valence electrons. The Hall–Kier alpha value is -3.06. The molecule has 3 aromatic carbocycles. The molecule has 32 heavy (non-hydrogen) atoms. The molecule has 0 saturated heterocycles. The van der Waals surface area contributed by atoms with Crippen LogP contribution < -0.4 is 15.5 Å². The molecule has 3 aromatic rings. The number of hydrogen-bond donors (Lipinski definition) is 2. The Morgan fingerprint density at radius 3 is 2.38 bits per heavy atom. The lowest BCUT2D eigenvalue weighted by Gasteiger charge is -2.11. The second-order valence-electron chi connectivity index (χ2n) is 6.59. The van der Waals surface area contributed by atoms with Crippen molar-refractivity contribution in [1.29, 1.82) is 0 Å². The van der Waals surface area contributed by atoms with Crippen LogP contribution in [0.3, 0.4) is 0 Å². The molecule has 2 amide bonds. The van der Waals surface area contributed by atoms with Crippen LogP contribution >= 0.6 is 34.8 Å². The van der Waals surface area contributed by atoms with E-state index in [0.29, 0.717) is 32.1 Å². The number of rotatable bonds is 8. The smallest absolute Gasteiger partial charge is 0.249 e. The predicted octanol–water partition coefficient (Wildman–Crippen LogP) is 5.70. The van der Waals surface area contributed by atoms with Gasteiger partial charge in [-0.25, -0.2) is 5.43 Å². The lowest BCUT2D eigenvalue weighted by atomic mass is 10.2. The summed E-state index contributed by atoms with van der Waals surface area (Å²) in [7, 11) is 0. The molecular weight excluding hydrogens is 473 g/mol. The van der Waals surface area contributed by atoms with Gasteiger partial charge in [0.1, 0.15) is 18.8 Å². The molecule has 9 heteroatoms. The quantitative estimate of drug-likeness (QED) is 0.241. The van der Waals surface area contributed by atoms with Crippen LogP contribution in [0.25, 0.3) is 0 Å². The highest BCUT2D eigenvalue weighted by Crippen LogP contribution is 2.25. The van der Waals surface area contributed by atoms with Crippen molar-refractivity contribution in [3.05, 3.63) is 92.9 Å². The SMILES string of the molecule is O=C(CC(=O)Nc1ccccc1)NN=Cc1cc(Cl)ccc1OCc1ccc(Cl)cc1Cl. The van der Waals surface area contributed by atoms with E-state index in [1.165, 1.54) is 6.21 Å². The molecule has 0 radical (unpaired) electrons. The summed E-state index contributed by atoms with van der Waals surface area (Å²) in [6.45, 7) is 0.199. The summed E-state index contributed by atoms with van der Waals surface area (Å²) in [5.41, 5.74) is 4.22. The van der Waals surface area contributed by atoms with Crippen LogP contribution in [0.5, 0.6) is 5.75 Å². The van der Waals surface area contributed by atoms with Gasteiger partial charge in [-0.05, 0) is 42.5 Å². The maximum Gasteiger partial charge on any atom is 0.249 e. The average molecular weight is 491 g/mol. The van der Waals surface area contributed by atoms with E-state index in [1.807, 2.05) is 6.07 Å². The maximum absolute atomic E-state index is 12.0. The highest BCUT2D eigenvalue weighted by molar-refractivity contribution is 6.35. The molecule has 0 saturated carbocycles. The second-order valence-corrected chi connectivity index (χ2v) is 7.87. The lowest BCUT2D eigenvalue weighted by Crippen LogP contribution is -2.24. The zero-order valence-corrected chi connectivity index (χ0v) is 18.9. The van der Waals surface area contributed by atoms with E-state index < -0.39 is 11.8 Å². The monoisotopic (exact) mass is 489 g/mol. The average Bonchev–Trinajstić information content (AvgIpc) is 2.75. The highest BCUT2D eigenvalue weighted by Gasteiger charge is 2.10. The molecule has 3 rings (SSSR count). The van der Waals surface area contributed by atoms with Crippen LogP contribution in [0.15, 0.2) is 71.8 Å². The van der Waals surface area contributed by atoms with Crippen molar-refractivity contribution in [2.45, 2.75) is 13.0 Å². The third-order valence-corrected chi connectivity index (χ3v) is 4.96. The van der Waals surface area contributed by atoms with Gasteiger partial charge in [-0.2, -0.15) is 5.10 Å². The number of halogens is 3. The summed E-state index contributed by atoms with van der Waals surface area (Å²) in [5.74, 6) is -0.525. The van der Waals surface area contributed by atoms with Crippen molar-refractivity contribution < 1.29 is 14.3 Å². The molecule has 0 aliphatic rings. The number of nitrogens with one attached hydrogen (secondary N) is 2. The third-order valence-electron chi connectivity index (χ3n) is 4.14. The fraction of sp³-hybridized carbons (Fsp3) is 0.0870. The molecule has 0 aromatic heterocycles. The first-order chi connectivity index (χ1) is 15.4. The van der Waals surface area contributed by atoms with Gasteiger partial charge in [0.15, 0.2) is 0 Å². The van der Waals surface area contributed by atoms with E-state index in [4.69, 9.17) is 39.5 Å². The number of hydrogen-bond acceptors (Lipinski definition) is 4. The van der Waals surface area contributed by atoms with Crippen molar-refractivity contribution in [3.8, 4) is 5.75 Å². The number of hydrazone groups is 1. The number of carbonyl (C=O) groups is 2. The largest absolute Gasteiger partial charge is 0.488 e. The Labute approximate surface area is 200 Å². The molecule has 6 nitrogen and oxygen atoms in total. The lowest BCUT2D eigenvalue weighted by molar-refractivity contribution is -0.126. The van der Waals surface area contributed by atoms with E-state index >= 15 is 0 Å². The summed E-state index contributed by atoms with van der Waals surface area (Å²) in [5, 5.41) is 8.02. The van der Waals surface area contributed by atoms with Gasteiger partial charge in [-0.1, -0.05) is 59.1 Å². The zero-order valence-electron chi connectivity index (χ0n) is 16.6. The van der Waals surface area contributed by atoms with E-state index in [9.17, 15) is 9.59 Å². The normalized spacial score (nSPS) is 10.7. The van der Waals surface area contributed by atoms with Crippen molar-refractivity contribution in [2.24, 2.45) is 5.10 Å². The summed E-state index contributed by atoms with van der Waals surface area (Å²) < 4.78 is 5.83. The molecule has 0 fully saturated rings. The summed E-state index contributed by atoms with van der Waals surface area (Å²) >= 11 is 18.2. The van der Waals surface area contributed by atoms with E-state index in [1.54, 1.807) is 60.7 Å². The van der Waals surface area contributed by atoms with Crippen LogP contribution in [0.1, 0.15) is 17.5 Å². The molecule has 0 spiro atoms. The first-order valence-corrected chi connectivity index (χ1v) is 10.6. The molecule has 0 atom stereocenters. The molecule has 0 aliphatic heterocycles. The minimum atomic E-state index is -0.563. The number of amides is 2. The fourth-order valence-corrected chi connectivity index (χ4v) is 3.28.